The smallest absolute Gasteiger partial charge is 0.0542 e. The molecule has 0 atom stereocenters. The maximum atomic E-state index is 2.42. The van der Waals surface area contributed by atoms with E-state index in [1.54, 1.807) is 0 Å². The average molecular weight is 743 g/mol. The van der Waals surface area contributed by atoms with E-state index >= 15 is 0 Å². The Bertz CT molecular complexity index is 3490. The van der Waals surface area contributed by atoms with E-state index in [9.17, 15) is 0 Å². The molecule has 0 aliphatic carbocycles. The zero-order valence-corrected chi connectivity index (χ0v) is 31.7. The third kappa shape index (κ3) is 5.10. The van der Waals surface area contributed by atoms with Crippen molar-refractivity contribution in [2.75, 3.05) is 0 Å². The van der Waals surface area contributed by atoms with Gasteiger partial charge in [-0.15, -0.1) is 11.3 Å². The van der Waals surface area contributed by atoms with Gasteiger partial charge < -0.3 is 9.13 Å². The summed E-state index contributed by atoms with van der Waals surface area (Å²) in [7, 11) is 0. The highest BCUT2D eigenvalue weighted by molar-refractivity contribution is 7.25. The summed E-state index contributed by atoms with van der Waals surface area (Å²) in [6, 6.07) is 75.7. The molecular weight excluding hydrogens is 709 g/mol. The summed E-state index contributed by atoms with van der Waals surface area (Å²) in [4.78, 5) is 0. The Kier molecular flexibility index (Phi) is 7.13. The molecule has 3 aromatic heterocycles. The Morgan fingerprint density at radius 1 is 0.246 bits per heavy atom. The van der Waals surface area contributed by atoms with E-state index in [2.05, 4.69) is 215 Å². The van der Waals surface area contributed by atoms with Gasteiger partial charge in [0.1, 0.15) is 0 Å². The second kappa shape index (κ2) is 12.7. The van der Waals surface area contributed by atoms with Gasteiger partial charge >= 0.3 is 0 Å². The number of aromatic nitrogens is 2. The lowest BCUT2D eigenvalue weighted by Gasteiger charge is -2.12. The molecule has 57 heavy (non-hydrogen) atoms. The van der Waals surface area contributed by atoms with Crippen molar-refractivity contribution in [3.05, 3.63) is 206 Å². The molecule has 266 valence electrons. The summed E-state index contributed by atoms with van der Waals surface area (Å²) in [6.07, 6.45) is 0. The standard InChI is InChI=1S/C54H34N2S/c1-5-22-49-43(18-1)44-19-2-6-23-50(44)56(49)42-27-28-52-47(34-42)45-20-3-7-24-51(45)55(52)41-17-11-16-39(32-41)37-14-9-12-35(30-37)36-13-10-15-38(31-36)40-26-29-54-48(33-40)46-21-4-8-25-53(46)57-54/h1-34H. The molecule has 0 radical (unpaired) electrons. The second-order valence-corrected chi connectivity index (χ2v) is 16.0. The largest absolute Gasteiger partial charge is 0.309 e. The van der Waals surface area contributed by atoms with Gasteiger partial charge in [-0.25, -0.2) is 0 Å². The number of hydrogen-bond donors (Lipinski definition) is 0. The highest BCUT2D eigenvalue weighted by Gasteiger charge is 2.17. The van der Waals surface area contributed by atoms with Crippen molar-refractivity contribution in [2.45, 2.75) is 0 Å². The molecule has 0 aliphatic rings. The van der Waals surface area contributed by atoms with Crippen molar-refractivity contribution in [1.82, 2.24) is 9.13 Å². The fraction of sp³-hybridized carbons (Fsp3) is 0. The Morgan fingerprint density at radius 3 is 1.30 bits per heavy atom. The number of nitrogens with zero attached hydrogens (tertiary/aromatic N) is 2. The zero-order valence-electron chi connectivity index (χ0n) is 30.9. The molecule has 3 heteroatoms. The molecule has 9 aromatic carbocycles. The minimum atomic E-state index is 1.15. The van der Waals surface area contributed by atoms with Crippen molar-refractivity contribution in [3.8, 4) is 44.8 Å². The van der Waals surface area contributed by atoms with E-state index in [1.165, 1.54) is 97.2 Å². The maximum absolute atomic E-state index is 2.42. The van der Waals surface area contributed by atoms with Crippen LogP contribution in [0.1, 0.15) is 0 Å². The third-order valence-electron chi connectivity index (χ3n) is 11.7. The number of rotatable bonds is 5. The first-order valence-corrected chi connectivity index (χ1v) is 20.3. The molecule has 0 amide bonds. The Hall–Kier alpha value is -7.20. The lowest BCUT2D eigenvalue weighted by molar-refractivity contribution is 1.17. The fourth-order valence-corrected chi connectivity index (χ4v) is 10.2. The molecular formula is C54H34N2S. The molecule has 12 rings (SSSR count). The predicted molar refractivity (Wildman–Crippen MR) is 244 cm³/mol. The Balaban J connectivity index is 0.937. The molecule has 0 spiro atoms. The summed E-state index contributed by atoms with van der Waals surface area (Å²) >= 11 is 1.86. The van der Waals surface area contributed by atoms with Crippen LogP contribution < -0.4 is 0 Å². The van der Waals surface area contributed by atoms with Crippen LogP contribution in [0, 0.1) is 0 Å². The van der Waals surface area contributed by atoms with Crippen molar-refractivity contribution in [2.24, 2.45) is 0 Å². The minimum Gasteiger partial charge on any atom is -0.309 e. The van der Waals surface area contributed by atoms with Gasteiger partial charge in [-0.2, -0.15) is 0 Å². The molecule has 0 bridgehead atoms. The number of fused-ring (bicyclic) bond motifs is 9. The van der Waals surface area contributed by atoms with Crippen molar-refractivity contribution in [3.63, 3.8) is 0 Å². The predicted octanol–water partition coefficient (Wildman–Crippen LogP) is 15.2. The van der Waals surface area contributed by atoms with E-state index < -0.39 is 0 Å². The molecule has 0 aliphatic heterocycles. The topological polar surface area (TPSA) is 9.86 Å². The number of para-hydroxylation sites is 3. The van der Waals surface area contributed by atoms with Crippen LogP contribution in [0.5, 0.6) is 0 Å². The van der Waals surface area contributed by atoms with Gasteiger partial charge in [0, 0.05) is 53.1 Å². The first-order valence-electron chi connectivity index (χ1n) is 19.5. The average Bonchev–Trinajstić information content (AvgIpc) is 3.94. The lowest BCUT2D eigenvalue weighted by Crippen LogP contribution is -1.96. The number of thiophene rings is 1. The monoisotopic (exact) mass is 742 g/mol. The van der Waals surface area contributed by atoms with E-state index in [0.717, 1.165) is 11.4 Å². The van der Waals surface area contributed by atoms with Gasteiger partial charge in [-0.3, -0.25) is 0 Å². The van der Waals surface area contributed by atoms with Crippen LogP contribution in [-0.4, -0.2) is 9.13 Å². The molecule has 0 unspecified atom stereocenters. The number of benzene rings is 9. The molecule has 0 N–H and O–H groups in total. The molecule has 3 heterocycles. The van der Waals surface area contributed by atoms with Crippen LogP contribution >= 0.6 is 11.3 Å². The van der Waals surface area contributed by atoms with Gasteiger partial charge in [-0.1, -0.05) is 127 Å². The highest BCUT2D eigenvalue weighted by atomic mass is 32.1. The SMILES string of the molecule is c1cc(-c2cccc(-c3ccc4sc5ccccc5c4c3)c2)cc(-c2cccc(-n3c4ccccc4c4cc(-n5c6ccccc6c6ccccc65)ccc43)c2)c1. The Morgan fingerprint density at radius 2 is 0.684 bits per heavy atom. The quantitative estimate of drug-likeness (QED) is 0.166. The third-order valence-corrected chi connectivity index (χ3v) is 12.9. The van der Waals surface area contributed by atoms with Gasteiger partial charge in [-0.05, 0) is 112 Å². The fourth-order valence-electron chi connectivity index (χ4n) is 9.07. The molecule has 0 fully saturated rings. The van der Waals surface area contributed by atoms with Crippen molar-refractivity contribution >= 4 is 75.1 Å². The van der Waals surface area contributed by atoms with Gasteiger partial charge in [0.05, 0.1) is 22.1 Å². The van der Waals surface area contributed by atoms with Crippen LogP contribution in [0.3, 0.4) is 0 Å². The second-order valence-electron chi connectivity index (χ2n) is 14.9. The van der Waals surface area contributed by atoms with E-state index in [0.29, 0.717) is 0 Å². The maximum Gasteiger partial charge on any atom is 0.0542 e. The van der Waals surface area contributed by atoms with E-state index in [1.807, 2.05) is 11.3 Å². The lowest BCUT2D eigenvalue weighted by atomic mass is 9.95. The van der Waals surface area contributed by atoms with Gasteiger partial charge in [0.2, 0.25) is 0 Å². The van der Waals surface area contributed by atoms with E-state index in [4.69, 9.17) is 0 Å². The van der Waals surface area contributed by atoms with Gasteiger partial charge in [0.25, 0.3) is 0 Å². The van der Waals surface area contributed by atoms with Crippen LogP contribution in [0.15, 0.2) is 206 Å². The zero-order chi connectivity index (χ0) is 37.5. The van der Waals surface area contributed by atoms with Gasteiger partial charge in [0.15, 0.2) is 0 Å². The van der Waals surface area contributed by atoms with Crippen molar-refractivity contribution in [1.29, 1.82) is 0 Å². The first kappa shape index (κ1) is 32.1. The summed E-state index contributed by atoms with van der Waals surface area (Å²) in [5.41, 5.74) is 14.4. The normalized spacial score (nSPS) is 11.9. The van der Waals surface area contributed by atoms with Crippen LogP contribution in [0.4, 0.5) is 0 Å². The van der Waals surface area contributed by atoms with Crippen LogP contribution in [0.2, 0.25) is 0 Å². The molecule has 0 saturated heterocycles. The Labute approximate surface area is 333 Å². The summed E-state index contributed by atoms with van der Waals surface area (Å²) < 4.78 is 7.49. The molecule has 2 nitrogen and oxygen atoms in total. The first-order chi connectivity index (χ1) is 28.2. The number of hydrogen-bond acceptors (Lipinski definition) is 1. The molecule has 0 saturated carbocycles. The summed E-state index contributed by atoms with van der Waals surface area (Å²) in [6.45, 7) is 0. The summed E-state index contributed by atoms with van der Waals surface area (Å²) in [5, 5.41) is 7.68. The highest BCUT2D eigenvalue weighted by Crippen LogP contribution is 2.39. The minimum absolute atomic E-state index is 1.15. The van der Waals surface area contributed by atoms with Crippen molar-refractivity contribution < 1.29 is 0 Å². The summed E-state index contributed by atoms with van der Waals surface area (Å²) in [5.74, 6) is 0. The molecule has 12 aromatic rings. The van der Waals surface area contributed by atoms with Crippen LogP contribution in [-0.2, 0) is 0 Å². The van der Waals surface area contributed by atoms with E-state index in [-0.39, 0.29) is 0 Å². The van der Waals surface area contributed by atoms with Crippen LogP contribution in [0.25, 0.3) is 109 Å².